The fraction of sp³-hybridized carbons (Fsp3) is 0.278. The van der Waals surface area contributed by atoms with E-state index < -0.39 is 0 Å². The van der Waals surface area contributed by atoms with E-state index in [2.05, 4.69) is 17.4 Å². The van der Waals surface area contributed by atoms with Crippen LogP contribution in [-0.4, -0.2) is 37.6 Å². The molecule has 1 atom stereocenters. The van der Waals surface area contributed by atoms with Gasteiger partial charge in [0.05, 0.1) is 13.2 Å². The van der Waals surface area contributed by atoms with Gasteiger partial charge in [-0.25, -0.2) is 0 Å². The van der Waals surface area contributed by atoms with Gasteiger partial charge in [-0.05, 0) is 29.8 Å². The number of carbonyl (C=O) groups is 1. The Kier molecular flexibility index (Phi) is 4.39. The Hall–Kier alpha value is -2.33. The minimum absolute atomic E-state index is 0.0676. The van der Waals surface area contributed by atoms with Crippen LogP contribution in [0.15, 0.2) is 54.6 Å². The van der Waals surface area contributed by atoms with Gasteiger partial charge in [0.1, 0.15) is 5.75 Å². The predicted molar refractivity (Wildman–Crippen MR) is 86.1 cm³/mol. The zero-order chi connectivity index (χ0) is 15.4. The van der Waals surface area contributed by atoms with Crippen LogP contribution in [0, 0.1) is 0 Å². The lowest BCUT2D eigenvalue weighted by Gasteiger charge is -2.36. The molecular formula is C18H20N2O2. The Morgan fingerprint density at radius 1 is 1.14 bits per heavy atom. The molecular weight excluding hydrogens is 276 g/mol. The topological polar surface area (TPSA) is 41.6 Å². The molecule has 2 aromatic carbocycles. The van der Waals surface area contributed by atoms with E-state index in [0.717, 1.165) is 24.4 Å². The van der Waals surface area contributed by atoms with E-state index in [4.69, 9.17) is 4.74 Å². The van der Waals surface area contributed by atoms with Crippen molar-refractivity contribution in [3.8, 4) is 5.75 Å². The van der Waals surface area contributed by atoms with Gasteiger partial charge in [0.2, 0.25) is 0 Å². The summed E-state index contributed by atoms with van der Waals surface area (Å²) in [7, 11) is 1.62. The summed E-state index contributed by atoms with van der Waals surface area (Å²) in [6.45, 7) is 2.32. The van der Waals surface area contributed by atoms with Crippen LogP contribution in [0.25, 0.3) is 0 Å². The highest BCUT2D eigenvalue weighted by Crippen LogP contribution is 2.24. The molecule has 0 spiro atoms. The van der Waals surface area contributed by atoms with Gasteiger partial charge < -0.3 is 15.0 Å². The molecule has 0 aromatic heterocycles. The zero-order valence-corrected chi connectivity index (χ0v) is 12.7. The van der Waals surface area contributed by atoms with E-state index in [-0.39, 0.29) is 11.9 Å². The van der Waals surface area contributed by atoms with E-state index in [9.17, 15) is 4.79 Å². The van der Waals surface area contributed by atoms with E-state index in [1.165, 1.54) is 0 Å². The van der Waals surface area contributed by atoms with E-state index in [1.807, 2.05) is 47.4 Å². The molecule has 0 aliphatic carbocycles. The molecule has 1 aliphatic rings. The Balaban J connectivity index is 1.85. The number of ether oxygens (including phenoxy) is 1. The summed E-state index contributed by atoms with van der Waals surface area (Å²) in [5.74, 6) is 0.828. The third kappa shape index (κ3) is 2.97. The van der Waals surface area contributed by atoms with Gasteiger partial charge in [0, 0.05) is 25.2 Å². The second-order valence-electron chi connectivity index (χ2n) is 5.36. The van der Waals surface area contributed by atoms with Crippen LogP contribution in [0.2, 0.25) is 0 Å². The molecule has 1 heterocycles. The van der Waals surface area contributed by atoms with Gasteiger partial charge in [-0.1, -0.05) is 30.3 Å². The third-order valence-electron chi connectivity index (χ3n) is 4.03. The molecule has 1 saturated heterocycles. The highest BCUT2D eigenvalue weighted by molar-refractivity contribution is 5.94. The fourth-order valence-electron chi connectivity index (χ4n) is 2.82. The number of methoxy groups -OCH3 is 1. The van der Waals surface area contributed by atoms with Crippen molar-refractivity contribution in [3.05, 3.63) is 65.7 Å². The summed E-state index contributed by atoms with van der Waals surface area (Å²) in [6, 6.07) is 17.5. The Labute approximate surface area is 130 Å². The molecule has 114 valence electrons. The average molecular weight is 296 g/mol. The molecule has 1 N–H and O–H groups in total. The second-order valence-corrected chi connectivity index (χ2v) is 5.36. The number of rotatable bonds is 3. The largest absolute Gasteiger partial charge is 0.497 e. The Morgan fingerprint density at radius 2 is 1.86 bits per heavy atom. The number of nitrogens with zero attached hydrogens (tertiary/aromatic N) is 1. The number of hydrogen-bond donors (Lipinski definition) is 1. The molecule has 0 saturated carbocycles. The van der Waals surface area contributed by atoms with Crippen LogP contribution in [-0.2, 0) is 0 Å². The predicted octanol–water partition coefficient (Wildman–Crippen LogP) is 2.48. The molecule has 4 nitrogen and oxygen atoms in total. The molecule has 2 aromatic rings. The van der Waals surface area contributed by atoms with Gasteiger partial charge >= 0.3 is 0 Å². The minimum atomic E-state index is 0.0676. The van der Waals surface area contributed by atoms with Gasteiger partial charge in [-0.3, -0.25) is 4.79 Å². The number of benzene rings is 2. The van der Waals surface area contributed by atoms with E-state index in [1.54, 1.807) is 7.11 Å². The SMILES string of the molecule is COc1ccc(C(=O)N2CCNCC2c2ccccc2)cc1. The number of nitrogens with one attached hydrogen (secondary N) is 1. The van der Waals surface area contributed by atoms with Crippen LogP contribution >= 0.6 is 0 Å². The third-order valence-corrected chi connectivity index (χ3v) is 4.03. The average Bonchev–Trinajstić information content (AvgIpc) is 2.62. The summed E-state index contributed by atoms with van der Waals surface area (Å²) in [6.07, 6.45) is 0. The molecule has 3 rings (SSSR count). The van der Waals surface area contributed by atoms with Crippen molar-refractivity contribution in [1.82, 2.24) is 10.2 Å². The van der Waals surface area contributed by atoms with E-state index in [0.29, 0.717) is 12.1 Å². The normalized spacial score (nSPS) is 18.0. The zero-order valence-electron chi connectivity index (χ0n) is 12.7. The van der Waals surface area contributed by atoms with Crippen LogP contribution in [0.3, 0.4) is 0 Å². The summed E-state index contributed by atoms with van der Waals surface area (Å²) in [4.78, 5) is 14.8. The highest BCUT2D eigenvalue weighted by atomic mass is 16.5. The van der Waals surface area contributed by atoms with Crippen LogP contribution in [0.5, 0.6) is 5.75 Å². The Bertz CT molecular complexity index is 625. The van der Waals surface area contributed by atoms with Crippen molar-refractivity contribution in [2.24, 2.45) is 0 Å². The molecule has 0 radical (unpaired) electrons. The minimum Gasteiger partial charge on any atom is -0.497 e. The maximum atomic E-state index is 12.8. The first-order valence-corrected chi connectivity index (χ1v) is 7.50. The smallest absolute Gasteiger partial charge is 0.254 e. The monoisotopic (exact) mass is 296 g/mol. The maximum Gasteiger partial charge on any atom is 0.254 e. The highest BCUT2D eigenvalue weighted by Gasteiger charge is 2.28. The lowest BCUT2D eigenvalue weighted by atomic mass is 10.0. The number of piperazine rings is 1. The molecule has 1 unspecified atom stereocenters. The van der Waals surface area contributed by atoms with Crippen LogP contribution in [0.1, 0.15) is 22.0 Å². The van der Waals surface area contributed by atoms with Crippen molar-refractivity contribution >= 4 is 5.91 Å². The van der Waals surface area contributed by atoms with Crippen molar-refractivity contribution in [3.63, 3.8) is 0 Å². The molecule has 4 heteroatoms. The summed E-state index contributed by atoms with van der Waals surface area (Å²) in [5, 5.41) is 3.37. The number of hydrogen-bond acceptors (Lipinski definition) is 3. The van der Waals surface area contributed by atoms with Gasteiger partial charge in [0.15, 0.2) is 0 Å². The molecule has 22 heavy (non-hydrogen) atoms. The summed E-state index contributed by atoms with van der Waals surface area (Å²) in [5.41, 5.74) is 1.86. The van der Waals surface area contributed by atoms with Gasteiger partial charge in [-0.2, -0.15) is 0 Å². The summed E-state index contributed by atoms with van der Waals surface area (Å²) < 4.78 is 5.15. The fourth-order valence-corrected chi connectivity index (χ4v) is 2.82. The number of carbonyl (C=O) groups excluding carboxylic acids is 1. The lowest BCUT2D eigenvalue weighted by molar-refractivity contribution is 0.0634. The van der Waals surface area contributed by atoms with Crippen LogP contribution < -0.4 is 10.1 Å². The molecule has 1 amide bonds. The van der Waals surface area contributed by atoms with Crippen molar-refractivity contribution in [2.75, 3.05) is 26.7 Å². The Morgan fingerprint density at radius 3 is 2.55 bits per heavy atom. The lowest BCUT2D eigenvalue weighted by Crippen LogP contribution is -2.48. The molecule has 1 fully saturated rings. The number of amides is 1. The molecule has 1 aliphatic heterocycles. The second kappa shape index (κ2) is 6.62. The first-order valence-electron chi connectivity index (χ1n) is 7.50. The van der Waals surface area contributed by atoms with Crippen molar-refractivity contribution in [2.45, 2.75) is 6.04 Å². The van der Waals surface area contributed by atoms with Gasteiger partial charge in [0.25, 0.3) is 5.91 Å². The molecule has 0 bridgehead atoms. The van der Waals surface area contributed by atoms with Crippen molar-refractivity contribution in [1.29, 1.82) is 0 Å². The summed E-state index contributed by atoms with van der Waals surface area (Å²) >= 11 is 0. The van der Waals surface area contributed by atoms with Crippen molar-refractivity contribution < 1.29 is 9.53 Å². The first-order chi connectivity index (χ1) is 10.8. The standard InChI is InChI=1S/C18H20N2O2/c1-22-16-9-7-15(8-10-16)18(21)20-12-11-19-13-17(20)14-5-3-2-4-6-14/h2-10,17,19H,11-13H2,1H3. The quantitative estimate of drug-likeness (QED) is 0.946. The van der Waals surface area contributed by atoms with E-state index >= 15 is 0 Å². The van der Waals surface area contributed by atoms with Gasteiger partial charge in [-0.15, -0.1) is 0 Å². The maximum absolute atomic E-state index is 12.8. The van der Waals surface area contributed by atoms with Crippen LogP contribution in [0.4, 0.5) is 0 Å². The first kappa shape index (κ1) is 14.6.